The van der Waals surface area contributed by atoms with Crippen LogP contribution in [-0.4, -0.2) is 34.7 Å². The van der Waals surface area contributed by atoms with Crippen molar-refractivity contribution < 1.29 is 13.2 Å². The number of thiophene rings is 1. The van der Waals surface area contributed by atoms with Gasteiger partial charge in [-0.3, -0.25) is 0 Å². The molecule has 0 aliphatic heterocycles. The van der Waals surface area contributed by atoms with E-state index >= 15 is 0 Å². The lowest BCUT2D eigenvalue weighted by molar-refractivity contribution is 0.188. The summed E-state index contributed by atoms with van der Waals surface area (Å²) in [6.45, 7) is 7.82. The van der Waals surface area contributed by atoms with Crippen LogP contribution < -0.4 is 10.0 Å². The van der Waals surface area contributed by atoms with E-state index in [4.69, 9.17) is 4.74 Å². The highest BCUT2D eigenvalue weighted by molar-refractivity contribution is 7.89. The topological polar surface area (TPSA) is 67.4 Å². The fourth-order valence-corrected chi connectivity index (χ4v) is 4.69. The van der Waals surface area contributed by atoms with Gasteiger partial charge < -0.3 is 10.1 Å². The minimum Gasteiger partial charge on any atom is -0.385 e. The molecular formula is C13H24N2O3S2. The number of ether oxygens (including phenoxy) is 1. The van der Waals surface area contributed by atoms with Crippen LogP contribution in [0.1, 0.15) is 30.0 Å². The SMILES string of the molecule is CCNCc1cc(S(=O)(=O)NC(C)CCOC)c(C)s1. The minimum absolute atomic E-state index is 0.142. The van der Waals surface area contributed by atoms with Crippen LogP contribution in [0.4, 0.5) is 0 Å². The van der Waals surface area contributed by atoms with Gasteiger partial charge in [0.1, 0.15) is 0 Å². The van der Waals surface area contributed by atoms with Crippen molar-refractivity contribution in [2.24, 2.45) is 0 Å². The lowest BCUT2D eigenvalue weighted by Gasteiger charge is -2.13. The molecule has 0 saturated heterocycles. The number of rotatable bonds is 9. The van der Waals surface area contributed by atoms with Crippen LogP contribution in [0.25, 0.3) is 0 Å². The molecule has 7 heteroatoms. The largest absolute Gasteiger partial charge is 0.385 e. The Morgan fingerprint density at radius 3 is 2.75 bits per heavy atom. The van der Waals surface area contributed by atoms with Gasteiger partial charge in [-0.2, -0.15) is 0 Å². The number of nitrogens with one attached hydrogen (secondary N) is 2. The van der Waals surface area contributed by atoms with Gasteiger partial charge in [0.2, 0.25) is 10.0 Å². The fraction of sp³-hybridized carbons (Fsp3) is 0.692. The molecule has 5 nitrogen and oxygen atoms in total. The molecule has 0 aliphatic carbocycles. The van der Waals surface area contributed by atoms with Crippen LogP contribution in [0.5, 0.6) is 0 Å². The Hall–Kier alpha value is -0.470. The quantitative estimate of drug-likeness (QED) is 0.729. The summed E-state index contributed by atoms with van der Waals surface area (Å²) < 4.78 is 32.4. The van der Waals surface area contributed by atoms with Crippen molar-refractivity contribution >= 4 is 21.4 Å². The van der Waals surface area contributed by atoms with Gasteiger partial charge in [-0.15, -0.1) is 11.3 Å². The van der Waals surface area contributed by atoms with Crippen LogP contribution in [0.2, 0.25) is 0 Å². The number of hydrogen-bond donors (Lipinski definition) is 2. The van der Waals surface area contributed by atoms with E-state index in [0.717, 1.165) is 16.3 Å². The first kappa shape index (κ1) is 17.6. The molecule has 0 bridgehead atoms. The van der Waals surface area contributed by atoms with Crippen molar-refractivity contribution in [1.82, 2.24) is 10.0 Å². The zero-order chi connectivity index (χ0) is 15.2. The summed E-state index contributed by atoms with van der Waals surface area (Å²) in [5, 5.41) is 3.20. The maximum absolute atomic E-state index is 12.3. The molecule has 20 heavy (non-hydrogen) atoms. The normalized spacial score (nSPS) is 13.6. The third-order valence-electron chi connectivity index (χ3n) is 2.87. The predicted octanol–water partition coefficient (Wildman–Crippen LogP) is 1.87. The summed E-state index contributed by atoms with van der Waals surface area (Å²) in [6, 6.07) is 1.62. The zero-order valence-electron chi connectivity index (χ0n) is 12.5. The average molecular weight is 320 g/mol. The van der Waals surface area contributed by atoms with Gasteiger partial charge in [-0.25, -0.2) is 13.1 Å². The number of aryl methyl sites for hydroxylation is 1. The Balaban J connectivity index is 2.78. The monoisotopic (exact) mass is 320 g/mol. The summed E-state index contributed by atoms with van der Waals surface area (Å²) >= 11 is 1.52. The first-order valence-electron chi connectivity index (χ1n) is 6.72. The molecular weight excluding hydrogens is 296 g/mol. The van der Waals surface area contributed by atoms with Crippen molar-refractivity contribution in [2.75, 3.05) is 20.3 Å². The van der Waals surface area contributed by atoms with Gasteiger partial charge in [0, 0.05) is 36.1 Å². The number of methoxy groups -OCH3 is 1. The minimum atomic E-state index is -3.45. The lowest BCUT2D eigenvalue weighted by atomic mass is 10.3. The number of hydrogen-bond acceptors (Lipinski definition) is 5. The van der Waals surface area contributed by atoms with Gasteiger partial charge in [0.25, 0.3) is 0 Å². The Kier molecular flexibility index (Phi) is 7.11. The van der Waals surface area contributed by atoms with E-state index in [1.807, 2.05) is 20.8 Å². The van der Waals surface area contributed by atoms with E-state index in [2.05, 4.69) is 10.0 Å². The van der Waals surface area contributed by atoms with Crippen molar-refractivity contribution in [3.63, 3.8) is 0 Å². The Morgan fingerprint density at radius 2 is 2.15 bits per heavy atom. The second kappa shape index (κ2) is 8.09. The van der Waals surface area contributed by atoms with Crippen molar-refractivity contribution in [3.8, 4) is 0 Å². The first-order chi connectivity index (χ1) is 9.40. The molecule has 0 saturated carbocycles. The molecule has 1 unspecified atom stereocenters. The molecule has 0 aromatic carbocycles. The van der Waals surface area contributed by atoms with E-state index in [1.165, 1.54) is 11.3 Å². The highest BCUT2D eigenvalue weighted by Gasteiger charge is 2.21. The van der Waals surface area contributed by atoms with Gasteiger partial charge in [-0.05, 0) is 32.9 Å². The van der Waals surface area contributed by atoms with E-state index in [0.29, 0.717) is 24.5 Å². The second-order valence-corrected chi connectivity index (χ2v) is 7.74. The van der Waals surface area contributed by atoms with Gasteiger partial charge in [0.05, 0.1) is 4.90 Å². The van der Waals surface area contributed by atoms with Crippen LogP contribution >= 0.6 is 11.3 Å². The second-order valence-electron chi connectivity index (χ2n) is 4.72. The van der Waals surface area contributed by atoms with Crippen LogP contribution in [0.15, 0.2) is 11.0 Å². The van der Waals surface area contributed by atoms with Crippen molar-refractivity contribution in [1.29, 1.82) is 0 Å². The summed E-state index contributed by atoms with van der Waals surface area (Å²) in [5.41, 5.74) is 0. The van der Waals surface area contributed by atoms with E-state index < -0.39 is 10.0 Å². The molecule has 1 heterocycles. The van der Waals surface area contributed by atoms with E-state index in [1.54, 1.807) is 13.2 Å². The van der Waals surface area contributed by atoms with Crippen LogP contribution in [0, 0.1) is 6.92 Å². The fourth-order valence-electron chi connectivity index (χ4n) is 1.81. The maximum atomic E-state index is 12.3. The molecule has 1 aromatic heterocycles. The lowest BCUT2D eigenvalue weighted by Crippen LogP contribution is -2.33. The van der Waals surface area contributed by atoms with Gasteiger partial charge in [0.15, 0.2) is 0 Å². The summed E-state index contributed by atoms with van der Waals surface area (Å²) in [7, 11) is -1.84. The van der Waals surface area contributed by atoms with Crippen LogP contribution in [-0.2, 0) is 21.3 Å². The highest BCUT2D eigenvalue weighted by Crippen LogP contribution is 2.25. The standard InChI is InChI=1S/C13H24N2O3S2/c1-5-14-9-12-8-13(11(3)19-12)20(16,17)15-10(2)6-7-18-4/h8,10,14-15H,5-7,9H2,1-4H3. The molecule has 0 amide bonds. The van der Waals surface area contributed by atoms with Crippen molar-refractivity contribution in [3.05, 3.63) is 15.8 Å². The molecule has 2 N–H and O–H groups in total. The third kappa shape index (κ3) is 5.14. The zero-order valence-corrected chi connectivity index (χ0v) is 14.2. The Morgan fingerprint density at radius 1 is 1.45 bits per heavy atom. The molecule has 116 valence electrons. The van der Waals surface area contributed by atoms with E-state index in [9.17, 15) is 8.42 Å². The molecule has 1 atom stereocenters. The summed E-state index contributed by atoms with van der Waals surface area (Å²) in [5.74, 6) is 0. The summed E-state index contributed by atoms with van der Waals surface area (Å²) in [6.07, 6.45) is 0.656. The molecule has 0 fully saturated rings. The molecule has 0 radical (unpaired) electrons. The Bertz CT molecular complexity index is 512. The number of sulfonamides is 1. The highest BCUT2D eigenvalue weighted by atomic mass is 32.2. The third-order valence-corrected chi connectivity index (χ3v) is 5.77. The molecule has 0 aliphatic rings. The van der Waals surface area contributed by atoms with Gasteiger partial charge in [-0.1, -0.05) is 6.92 Å². The van der Waals surface area contributed by atoms with Crippen molar-refractivity contribution in [2.45, 2.75) is 44.7 Å². The smallest absolute Gasteiger partial charge is 0.241 e. The first-order valence-corrected chi connectivity index (χ1v) is 9.02. The van der Waals surface area contributed by atoms with Crippen LogP contribution in [0.3, 0.4) is 0 Å². The maximum Gasteiger partial charge on any atom is 0.241 e. The molecule has 0 spiro atoms. The van der Waals surface area contributed by atoms with Gasteiger partial charge >= 0.3 is 0 Å². The Labute approximate surface area is 125 Å². The summed E-state index contributed by atoms with van der Waals surface area (Å²) in [4.78, 5) is 2.25. The predicted molar refractivity (Wildman–Crippen MR) is 82.7 cm³/mol. The molecule has 1 aromatic rings. The average Bonchev–Trinajstić information content (AvgIpc) is 2.75. The van der Waals surface area contributed by atoms with E-state index in [-0.39, 0.29) is 6.04 Å². The molecule has 1 rings (SSSR count).